The summed E-state index contributed by atoms with van der Waals surface area (Å²) in [5.74, 6) is 0.567. The number of fused-ring (bicyclic) bond motifs is 2. The molecule has 1 aromatic carbocycles. The highest BCUT2D eigenvalue weighted by Gasteiger charge is 2.34. The van der Waals surface area contributed by atoms with Crippen molar-refractivity contribution in [3.05, 3.63) is 65.5 Å². The van der Waals surface area contributed by atoms with Gasteiger partial charge in [-0.15, -0.1) is 0 Å². The number of rotatable bonds is 1. The fraction of sp³-hybridized carbons (Fsp3) is 0.333. The van der Waals surface area contributed by atoms with E-state index in [0.717, 1.165) is 6.42 Å². The molecule has 0 saturated carbocycles. The fourth-order valence-corrected chi connectivity index (χ4v) is 3.77. The minimum Gasteiger partial charge on any atom is -0.493 e. The fourth-order valence-electron chi connectivity index (χ4n) is 3.77. The molecule has 1 aromatic rings. The van der Waals surface area contributed by atoms with Gasteiger partial charge in [-0.3, -0.25) is 0 Å². The third-order valence-corrected chi connectivity index (χ3v) is 4.62. The molecule has 2 unspecified atom stereocenters. The first kappa shape index (κ1) is 11.1. The Balaban J connectivity index is 1.71. The summed E-state index contributed by atoms with van der Waals surface area (Å²) in [6.45, 7) is 0. The molecular weight excluding hydrogens is 232 g/mol. The van der Waals surface area contributed by atoms with Crippen LogP contribution in [0, 0.1) is 5.92 Å². The van der Waals surface area contributed by atoms with E-state index in [2.05, 4.69) is 36.4 Å². The molecule has 0 aromatic heterocycles. The number of ether oxygens (including phenoxy) is 1. The van der Waals surface area contributed by atoms with Crippen molar-refractivity contribution in [3.8, 4) is 0 Å². The van der Waals surface area contributed by atoms with Crippen LogP contribution in [0.3, 0.4) is 0 Å². The number of allylic oxidation sites excluding steroid dienone is 3. The van der Waals surface area contributed by atoms with Crippen LogP contribution in [-0.2, 0) is 11.2 Å². The van der Waals surface area contributed by atoms with Crippen molar-refractivity contribution < 1.29 is 4.74 Å². The van der Waals surface area contributed by atoms with E-state index in [-0.39, 0.29) is 6.10 Å². The van der Waals surface area contributed by atoms with Gasteiger partial charge in [-0.2, -0.15) is 0 Å². The molecule has 0 saturated heterocycles. The molecule has 0 bridgehead atoms. The molecule has 19 heavy (non-hydrogen) atoms. The van der Waals surface area contributed by atoms with Crippen LogP contribution in [0.4, 0.5) is 0 Å². The molecule has 0 fully saturated rings. The van der Waals surface area contributed by atoms with E-state index in [9.17, 15) is 0 Å². The van der Waals surface area contributed by atoms with Crippen LogP contribution < -0.4 is 0 Å². The Bertz CT molecular complexity index is 591. The van der Waals surface area contributed by atoms with E-state index in [4.69, 9.17) is 4.74 Å². The first-order chi connectivity index (χ1) is 9.43. The smallest absolute Gasteiger partial charge is 0.123 e. The lowest BCUT2D eigenvalue weighted by Gasteiger charge is -2.31. The zero-order valence-electron chi connectivity index (χ0n) is 11.0. The minimum atomic E-state index is 0.240. The van der Waals surface area contributed by atoms with Crippen molar-refractivity contribution in [1.29, 1.82) is 0 Å². The maximum Gasteiger partial charge on any atom is 0.123 e. The summed E-state index contributed by atoms with van der Waals surface area (Å²) in [6.07, 6.45) is 13.3. The lowest BCUT2D eigenvalue weighted by atomic mass is 9.79. The Labute approximate surface area is 114 Å². The van der Waals surface area contributed by atoms with Gasteiger partial charge < -0.3 is 4.74 Å². The quantitative estimate of drug-likeness (QED) is 0.723. The molecule has 96 valence electrons. The van der Waals surface area contributed by atoms with E-state index < -0.39 is 0 Å². The third kappa shape index (κ3) is 1.76. The lowest BCUT2D eigenvalue weighted by molar-refractivity contribution is 0.131. The predicted molar refractivity (Wildman–Crippen MR) is 77.6 cm³/mol. The van der Waals surface area contributed by atoms with Crippen LogP contribution in [0.25, 0.3) is 5.57 Å². The average molecular weight is 250 g/mol. The largest absolute Gasteiger partial charge is 0.493 e. The number of hydrogen-bond acceptors (Lipinski definition) is 1. The summed E-state index contributed by atoms with van der Waals surface area (Å²) in [6, 6.07) is 8.89. The zero-order chi connectivity index (χ0) is 12.7. The van der Waals surface area contributed by atoms with Gasteiger partial charge in [0.15, 0.2) is 0 Å². The number of benzene rings is 1. The molecule has 1 aliphatic heterocycles. The molecule has 1 heterocycles. The molecule has 4 rings (SSSR count). The highest BCUT2D eigenvalue weighted by atomic mass is 16.5. The summed E-state index contributed by atoms with van der Waals surface area (Å²) >= 11 is 0. The summed E-state index contributed by atoms with van der Waals surface area (Å²) < 4.78 is 5.82. The van der Waals surface area contributed by atoms with Crippen LogP contribution in [0.1, 0.15) is 30.4 Å². The monoisotopic (exact) mass is 250 g/mol. The molecule has 0 amide bonds. The first-order valence-electron chi connectivity index (χ1n) is 7.22. The van der Waals surface area contributed by atoms with E-state index in [1.165, 1.54) is 30.4 Å². The van der Waals surface area contributed by atoms with Crippen molar-refractivity contribution in [3.63, 3.8) is 0 Å². The maximum atomic E-state index is 5.82. The molecule has 0 N–H and O–H groups in total. The van der Waals surface area contributed by atoms with Gasteiger partial charge >= 0.3 is 0 Å². The standard InChI is InChI=1S/C18H18O/c1-2-7-14-13(6-1)12-17-15(14)8-5-9-16(17)18-10-3-4-11-19-18/h1-4,6-7,10-11,16,18H,5,8-9,12H2. The van der Waals surface area contributed by atoms with Crippen molar-refractivity contribution in [1.82, 2.24) is 0 Å². The second-order valence-corrected chi connectivity index (χ2v) is 5.65. The topological polar surface area (TPSA) is 9.23 Å². The Morgan fingerprint density at radius 3 is 2.95 bits per heavy atom. The summed E-state index contributed by atoms with van der Waals surface area (Å²) in [5, 5.41) is 0. The normalized spacial score (nSPS) is 28.0. The zero-order valence-corrected chi connectivity index (χ0v) is 11.0. The van der Waals surface area contributed by atoms with E-state index >= 15 is 0 Å². The maximum absolute atomic E-state index is 5.82. The van der Waals surface area contributed by atoms with Crippen LogP contribution in [0.2, 0.25) is 0 Å². The second kappa shape index (κ2) is 4.41. The molecule has 0 spiro atoms. The van der Waals surface area contributed by atoms with E-state index in [1.54, 1.807) is 11.1 Å². The summed E-state index contributed by atoms with van der Waals surface area (Å²) in [5.41, 5.74) is 6.25. The summed E-state index contributed by atoms with van der Waals surface area (Å²) in [7, 11) is 0. The highest BCUT2D eigenvalue weighted by molar-refractivity contribution is 5.77. The van der Waals surface area contributed by atoms with Crippen LogP contribution >= 0.6 is 0 Å². The molecule has 0 radical (unpaired) electrons. The Kier molecular flexibility index (Phi) is 2.58. The SMILES string of the molecule is C1=COC(C2CCCC3=C2Cc2ccccc23)C=C1. The van der Waals surface area contributed by atoms with Gasteiger partial charge in [0, 0.05) is 5.92 Å². The molecule has 1 nitrogen and oxygen atoms in total. The van der Waals surface area contributed by atoms with E-state index in [1.807, 2.05) is 12.3 Å². The van der Waals surface area contributed by atoms with Gasteiger partial charge in [-0.1, -0.05) is 35.9 Å². The Hall–Kier alpha value is -1.76. The third-order valence-electron chi connectivity index (χ3n) is 4.62. The van der Waals surface area contributed by atoms with Gasteiger partial charge in [0.05, 0.1) is 6.26 Å². The minimum absolute atomic E-state index is 0.240. The van der Waals surface area contributed by atoms with Gasteiger partial charge in [0.2, 0.25) is 0 Å². The average Bonchev–Trinajstić information content (AvgIpc) is 2.87. The summed E-state index contributed by atoms with van der Waals surface area (Å²) in [4.78, 5) is 0. The van der Waals surface area contributed by atoms with Gasteiger partial charge in [-0.25, -0.2) is 0 Å². The van der Waals surface area contributed by atoms with Crippen LogP contribution in [0.5, 0.6) is 0 Å². The first-order valence-corrected chi connectivity index (χ1v) is 7.22. The van der Waals surface area contributed by atoms with Crippen LogP contribution in [-0.4, -0.2) is 6.10 Å². The van der Waals surface area contributed by atoms with Crippen molar-refractivity contribution in [2.24, 2.45) is 5.92 Å². The molecular formula is C18H18O. The molecule has 2 aliphatic carbocycles. The Morgan fingerprint density at radius 1 is 1.11 bits per heavy atom. The van der Waals surface area contributed by atoms with Crippen molar-refractivity contribution in [2.45, 2.75) is 31.8 Å². The second-order valence-electron chi connectivity index (χ2n) is 5.65. The van der Waals surface area contributed by atoms with Gasteiger partial charge in [-0.05, 0) is 54.5 Å². The Morgan fingerprint density at radius 2 is 2.05 bits per heavy atom. The lowest BCUT2D eigenvalue weighted by Crippen LogP contribution is -2.25. The number of hydrogen-bond donors (Lipinski definition) is 0. The van der Waals surface area contributed by atoms with Crippen molar-refractivity contribution in [2.75, 3.05) is 0 Å². The van der Waals surface area contributed by atoms with Crippen LogP contribution in [0.15, 0.2) is 54.3 Å². The van der Waals surface area contributed by atoms with Crippen molar-refractivity contribution >= 4 is 5.57 Å². The van der Waals surface area contributed by atoms with Gasteiger partial charge in [0.25, 0.3) is 0 Å². The molecule has 2 atom stereocenters. The van der Waals surface area contributed by atoms with Gasteiger partial charge in [0.1, 0.15) is 6.10 Å². The highest BCUT2D eigenvalue weighted by Crippen LogP contribution is 2.46. The van der Waals surface area contributed by atoms with E-state index in [0.29, 0.717) is 5.92 Å². The molecule has 3 aliphatic rings. The predicted octanol–water partition coefficient (Wildman–Crippen LogP) is 4.27. The molecule has 1 heteroatoms.